The van der Waals surface area contributed by atoms with Crippen LogP contribution >= 0.6 is 11.8 Å². The maximum absolute atomic E-state index is 6.73. The first-order valence-corrected chi connectivity index (χ1v) is 19.7. The van der Waals surface area contributed by atoms with Gasteiger partial charge >= 0.3 is 6.85 Å². The third-order valence-corrected chi connectivity index (χ3v) is 12.0. The van der Waals surface area contributed by atoms with Crippen LogP contribution in [0, 0.1) is 12.1 Å². The van der Waals surface area contributed by atoms with E-state index >= 15 is 0 Å². The molecule has 0 saturated carbocycles. The number of para-hydroxylation sites is 1. The maximum atomic E-state index is 6.73. The minimum atomic E-state index is 0.0301. The summed E-state index contributed by atoms with van der Waals surface area (Å²) in [5.74, 6) is 0. The van der Waals surface area contributed by atoms with E-state index in [0.717, 1.165) is 42.2 Å². The average molecular weight is 667 g/mol. The minimum absolute atomic E-state index is 0.0301. The molecule has 50 heavy (non-hydrogen) atoms. The number of unbranched alkanes of at least 4 members (excludes halogenated alkanes) is 2. The molecule has 5 heteroatoms. The Bertz CT molecular complexity index is 2510. The van der Waals surface area contributed by atoms with E-state index in [9.17, 15) is 0 Å². The predicted octanol–water partition coefficient (Wildman–Crippen LogP) is 10.7. The smallest absolute Gasteiger partial charge is 0.333 e. The van der Waals surface area contributed by atoms with Crippen LogP contribution in [0.3, 0.4) is 0 Å². The second-order valence-electron chi connectivity index (χ2n) is 14.3. The number of hydrogen-bond donors (Lipinski definition) is 0. The van der Waals surface area contributed by atoms with Crippen LogP contribution in [0.15, 0.2) is 94.3 Å². The van der Waals surface area contributed by atoms with E-state index in [0.29, 0.717) is 0 Å². The lowest BCUT2D eigenvalue weighted by Crippen LogP contribution is -2.58. The van der Waals surface area contributed by atoms with Gasteiger partial charge in [-0.25, -0.2) is 0 Å². The summed E-state index contributed by atoms with van der Waals surface area (Å²) in [6.45, 7) is 4.62. The van der Waals surface area contributed by atoms with Gasteiger partial charge in [-0.1, -0.05) is 69.2 Å². The van der Waals surface area contributed by atoms with E-state index in [-0.39, 0.29) is 6.85 Å². The van der Waals surface area contributed by atoms with Gasteiger partial charge in [0, 0.05) is 43.8 Å². The van der Waals surface area contributed by atoms with Gasteiger partial charge in [-0.15, -0.1) is 11.8 Å². The number of rotatable bonds is 8. The molecule has 0 fully saturated rings. The van der Waals surface area contributed by atoms with Gasteiger partial charge in [0.05, 0.1) is 11.1 Å². The number of benzene rings is 4. The molecule has 3 aliphatic rings. The monoisotopic (exact) mass is 666 g/mol. The van der Waals surface area contributed by atoms with Crippen LogP contribution in [0.4, 0.5) is 17.1 Å². The molecule has 244 valence electrons. The highest BCUT2D eigenvalue weighted by molar-refractivity contribution is 7.98. The number of thioether (sulfide) groups is 1. The van der Waals surface area contributed by atoms with Crippen LogP contribution in [0.1, 0.15) is 73.9 Å². The molecule has 0 unspecified atom stereocenters. The number of aryl methyl sites for hydroxylation is 3. The number of nitrogens with zero attached hydrogens (tertiary/aromatic N) is 2. The van der Waals surface area contributed by atoms with Crippen molar-refractivity contribution in [2.24, 2.45) is 0 Å². The van der Waals surface area contributed by atoms with E-state index < -0.39 is 0 Å². The van der Waals surface area contributed by atoms with Gasteiger partial charge in [-0.05, 0) is 133 Å². The van der Waals surface area contributed by atoms with Crippen molar-refractivity contribution >= 4 is 85.0 Å². The van der Waals surface area contributed by atoms with Gasteiger partial charge in [0.25, 0.3) is 0 Å². The van der Waals surface area contributed by atoms with Crippen molar-refractivity contribution in [2.45, 2.75) is 70.1 Å². The Balaban J connectivity index is 1.37. The molecular formula is C45H39BN2OS. The van der Waals surface area contributed by atoms with E-state index in [1.807, 2.05) is 17.8 Å². The summed E-state index contributed by atoms with van der Waals surface area (Å²) >= 11 is 1.82. The molecule has 0 atom stereocenters. The Morgan fingerprint density at radius 1 is 0.900 bits per heavy atom. The average Bonchev–Trinajstić information content (AvgIpc) is 3.70. The van der Waals surface area contributed by atoms with Crippen molar-refractivity contribution in [2.75, 3.05) is 11.2 Å². The number of aromatic nitrogens is 1. The van der Waals surface area contributed by atoms with Crippen molar-refractivity contribution in [3.05, 3.63) is 125 Å². The van der Waals surface area contributed by atoms with Crippen LogP contribution in [0.25, 0.3) is 38.4 Å². The molecule has 7 aromatic rings. The van der Waals surface area contributed by atoms with Crippen LogP contribution < -0.4 is 15.8 Å². The molecule has 3 nitrogen and oxygen atoms in total. The molecule has 0 N–H and O–H groups in total. The molecule has 1 aliphatic carbocycles. The lowest BCUT2D eigenvalue weighted by atomic mass is 9.44. The van der Waals surface area contributed by atoms with Gasteiger partial charge in [0.1, 0.15) is 5.58 Å². The summed E-state index contributed by atoms with van der Waals surface area (Å²) in [5, 5.41) is 3.65. The molecule has 2 aromatic heterocycles. The van der Waals surface area contributed by atoms with Gasteiger partial charge in [0.2, 0.25) is 0 Å². The van der Waals surface area contributed by atoms with Crippen LogP contribution in [-0.4, -0.2) is 17.6 Å². The molecule has 4 heterocycles. The van der Waals surface area contributed by atoms with Crippen LogP contribution in [0.2, 0.25) is 0 Å². The number of anilines is 3. The van der Waals surface area contributed by atoms with Crippen molar-refractivity contribution in [3.63, 3.8) is 0 Å². The highest BCUT2D eigenvalue weighted by Gasteiger charge is 2.46. The molecule has 0 bridgehead atoms. The summed E-state index contributed by atoms with van der Waals surface area (Å²) in [4.78, 5) is 3.89. The van der Waals surface area contributed by atoms with E-state index in [2.05, 4.69) is 120 Å². The van der Waals surface area contributed by atoms with Gasteiger partial charge in [-0.2, -0.15) is 0 Å². The van der Waals surface area contributed by atoms with E-state index in [1.54, 1.807) is 0 Å². The first kappa shape index (κ1) is 30.1. The summed E-state index contributed by atoms with van der Waals surface area (Å²) in [6.07, 6.45) is 13.7. The first-order chi connectivity index (χ1) is 24.7. The van der Waals surface area contributed by atoms with Crippen molar-refractivity contribution in [1.29, 1.82) is 0 Å². The van der Waals surface area contributed by atoms with Gasteiger partial charge in [0.15, 0.2) is 5.58 Å². The minimum Gasteiger partial charge on any atom is -0.447 e. The number of fused-ring (bicyclic) bond motifs is 11. The summed E-state index contributed by atoms with van der Waals surface area (Å²) in [5.41, 5.74) is 17.9. The Kier molecular flexibility index (Phi) is 7.00. The molecule has 0 spiro atoms. The molecular weight excluding hydrogens is 627 g/mol. The lowest BCUT2D eigenvalue weighted by Gasteiger charge is -2.42. The van der Waals surface area contributed by atoms with E-state index in [1.165, 1.54) is 108 Å². The Hall–Kier alpha value is -4.79. The fourth-order valence-corrected chi connectivity index (χ4v) is 9.58. The predicted molar refractivity (Wildman–Crippen MR) is 213 cm³/mol. The maximum Gasteiger partial charge on any atom is 0.333 e. The zero-order valence-electron chi connectivity index (χ0n) is 29.0. The molecule has 0 radical (unpaired) electrons. The number of allylic oxidation sites excluding steroid dienone is 1. The Morgan fingerprint density at radius 2 is 1.72 bits per heavy atom. The second kappa shape index (κ2) is 11.6. The zero-order valence-corrected chi connectivity index (χ0v) is 29.8. The van der Waals surface area contributed by atoms with Crippen LogP contribution in [-0.2, 0) is 19.3 Å². The third-order valence-electron chi connectivity index (χ3n) is 11.3. The molecule has 10 rings (SSSR count). The molecule has 0 saturated heterocycles. The van der Waals surface area contributed by atoms with Gasteiger partial charge < -0.3 is 13.8 Å². The fraction of sp³-hybridized carbons (Fsp3) is 0.244. The summed E-state index contributed by atoms with van der Waals surface area (Å²) in [6, 6.07) is 36.7. The van der Waals surface area contributed by atoms with Crippen molar-refractivity contribution in [3.8, 4) is 0 Å². The van der Waals surface area contributed by atoms with E-state index in [4.69, 9.17) is 4.42 Å². The SMILES string of the molecule is CCCCc1cc(CCCC)cc(N2c3cc(SC)ccc3B3c4c(cc5oc6c#cccc6c5c42)C2=CCCc4c2n3c2ccccc42)c1. The Morgan fingerprint density at radius 3 is 2.52 bits per heavy atom. The Labute approximate surface area is 299 Å². The quantitative estimate of drug-likeness (QED) is 0.119. The van der Waals surface area contributed by atoms with Crippen molar-refractivity contribution < 1.29 is 4.42 Å². The second-order valence-corrected chi connectivity index (χ2v) is 15.1. The number of hydrogen-bond acceptors (Lipinski definition) is 3. The zero-order chi connectivity index (χ0) is 33.5. The summed E-state index contributed by atoms with van der Waals surface area (Å²) < 4.78 is 9.42. The fourth-order valence-electron chi connectivity index (χ4n) is 9.15. The highest BCUT2D eigenvalue weighted by Crippen LogP contribution is 2.50. The molecule has 5 aromatic carbocycles. The lowest BCUT2D eigenvalue weighted by molar-refractivity contribution is 0.669. The van der Waals surface area contributed by atoms with Crippen LogP contribution in [0.5, 0.6) is 0 Å². The molecule has 2 aliphatic heterocycles. The summed E-state index contributed by atoms with van der Waals surface area (Å²) in [7, 11) is 0. The van der Waals surface area contributed by atoms with Crippen molar-refractivity contribution in [1.82, 2.24) is 4.48 Å². The topological polar surface area (TPSA) is 21.3 Å². The third kappa shape index (κ3) is 4.28. The number of furan rings is 1. The normalized spacial score (nSPS) is 14.2. The largest absolute Gasteiger partial charge is 0.447 e. The first-order valence-electron chi connectivity index (χ1n) is 18.4. The van der Waals surface area contributed by atoms with Gasteiger partial charge in [-0.3, -0.25) is 0 Å². The molecule has 0 amide bonds. The standard InChI is InChI=1S/C45H39BN2OS/c1-4-6-13-28-23-29(14-7-5-2)25-30(24-28)47-39-26-31(50-3)21-22-37(39)46-43-36(27-41-42(45(43)47)35-16-9-11-20-40(35)49-41)34-18-12-17-33-32-15-8-10-19-38(32)48(46)44(33)34/h8-10,15-16,18-19,21-27H,4-7,12-14,17H2,1-3H3. The highest BCUT2D eigenvalue weighted by atomic mass is 32.2.